The summed E-state index contributed by atoms with van der Waals surface area (Å²) in [5.41, 5.74) is 6.35. The first-order chi connectivity index (χ1) is 8.72. The number of ether oxygens (including phenoxy) is 3. The van der Waals surface area contributed by atoms with E-state index in [2.05, 4.69) is 0 Å². The van der Waals surface area contributed by atoms with Crippen LogP contribution in [0.1, 0.15) is 0 Å². The Morgan fingerprint density at radius 1 is 0.778 bits per heavy atom. The lowest BCUT2D eigenvalue weighted by molar-refractivity contribution is 0.378. The minimum Gasteiger partial charge on any atom is -0.497 e. The maximum atomic E-state index is 5.73. The Bertz CT molecular complexity index is 523. The van der Waals surface area contributed by atoms with Crippen LogP contribution in [-0.2, 0) is 0 Å². The lowest BCUT2D eigenvalue weighted by Crippen LogP contribution is -1.93. The smallest absolute Gasteiger partial charge is 0.171 e. The minimum atomic E-state index is 0.586. The molecule has 0 aliphatic rings. The second-order valence-corrected chi connectivity index (χ2v) is 3.69. The van der Waals surface area contributed by atoms with Crippen molar-refractivity contribution >= 4 is 5.69 Å². The SMILES string of the molecule is COc1ccc(Oc2cc(N)ccc2OC)cc1. The van der Waals surface area contributed by atoms with Crippen LogP contribution >= 0.6 is 0 Å². The Labute approximate surface area is 106 Å². The lowest BCUT2D eigenvalue weighted by atomic mass is 10.2. The van der Waals surface area contributed by atoms with Gasteiger partial charge in [0, 0.05) is 11.8 Å². The number of anilines is 1. The number of hydrogen-bond acceptors (Lipinski definition) is 4. The summed E-state index contributed by atoms with van der Waals surface area (Å²) in [5, 5.41) is 0. The maximum absolute atomic E-state index is 5.73. The highest BCUT2D eigenvalue weighted by molar-refractivity contribution is 5.53. The number of methoxy groups -OCH3 is 2. The van der Waals surface area contributed by atoms with E-state index in [1.165, 1.54) is 0 Å². The number of benzene rings is 2. The molecule has 2 N–H and O–H groups in total. The van der Waals surface area contributed by atoms with Gasteiger partial charge in [-0.05, 0) is 36.4 Å². The highest BCUT2D eigenvalue weighted by atomic mass is 16.5. The fourth-order valence-electron chi connectivity index (χ4n) is 1.54. The molecule has 0 saturated heterocycles. The lowest BCUT2D eigenvalue weighted by Gasteiger charge is -2.11. The van der Waals surface area contributed by atoms with E-state index in [-0.39, 0.29) is 0 Å². The molecular weight excluding hydrogens is 230 g/mol. The van der Waals surface area contributed by atoms with Crippen molar-refractivity contribution in [1.82, 2.24) is 0 Å². The van der Waals surface area contributed by atoms with Crippen molar-refractivity contribution in [2.75, 3.05) is 20.0 Å². The fourth-order valence-corrected chi connectivity index (χ4v) is 1.54. The quantitative estimate of drug-likeness (QED) is 0.841. The predicted molar refractivity (Wildman–Crippen MR) is 70.5 cm³/mol. The second-order valence-electron chi connectivity index (χ2n) is 3.69. The van der Waals surface area contributed by atoms with Crippen LogP contribution in [0.3, 0.4) is 0 Å². The molecule has 2 aromatic carbocycles. The van der Waals surface area contributed by atoms with E-state index in [0.717, 1.165) is 5.75 Å². The zero-order valence-corrected chi connectivity index (χ0v) is 10.3. The van der Waals surface area contributed by atoms with E-state index in [1.54, 1.807) is 32.4 Å². The molecule has 0 spiro atoms. The first-order valence-corrected chi connectivity index (χ1v) is 5.48. The van der Waals surface area contributed by atoms with E-state index >= 15 is 0 Å². The van der Waals surface area contributed by atoms with E-state index in [0.29, 0.717) is 22.9 Å². The van der Waals surface area contributed by atoms with Crippen LogP contribution in [0.4, 0.5) is 5.69 Å². The van der Waals surface area contributed by atoms with Gasteiger partial charge in [-0.2, -0.15) is 0 Å². The van der Waals surface area contributed by atoms with Gasteiger partial charge in [-0.15, -0.1) is 0 Å². The Kier molecular flexibility index (Phi) is 3.57. The molecule has 0 fully saturated rings. The van der Waals surface area contributed by atoms with E-state index < -0.39 is 0 Å². The third kappa shape index (κ3) is 2.66. The average molecular weight is 245 g/mol. The topological polar surface area (TPSA) is 53.7 Å². The van der Waals surface area contributed by atoms with Crippen LogP contribution < -0.4 is 19.9 Å². The van der Waals surface area contributed by atoms with E-state index in [1.807, 2.05) is 24.3 Å². The van der Waals surface area contributed by atoms with Crippen LogP contribution in [0.2, 0.25) is 0 Å². The van der Waals surface area contributed by atoms with Gasteiger partial charge in [0.15, 0.2) is 11.5 Å². The summed E-state index contributed by atoms with van der Waals surface area (Å²) in [4.78, 5) is 0. The Balaban J connectivity index is 2.24. The summed E-state index contributed by atoms with van der Waals surface area (Å²) >= 11 is 0. The minimum absolute atomic E-state index is 0.586. The third-order valence-corrected chi connectivity index (χ3v) is 2.47. The van der Waals surface area contributed by atoms with Crippen molar-refractivity contribution < 1.29 is 14.2 Å². The Hall–Kier alpha value is -2.36. The van der Waals surface area contributed by atoms with E-state index in [9.17, 15) is 0 Å². The second kappa shape index (κ2) is 5.31. The van der Waals surface area contributed by atoms with Crippen LogP contribution in [0.5, 0.6) is 23.0 Å². The molecule has 0 aliphatic carbocycles. The van der Waals surface area contributed by atoms with Crippen LogP contribution in [0.15, 0.2) is 42.5 Å². The van der Waals surface area contributed by atoms with Crippen LogP contribution in [0, 0.1) is 0 Å². The van der Waals surface area contributed by atoms with Gasteiger partial charge >= 0.3 is 0 Å². The van der Waals surface area contributed by atoms with Gasteiger partial charge in [0.05, 0.1) is 14.2 Å². The van der Waals surface area contributed by atoms with Gasteiger partial charge in [-0.25, -0.2) is 0 Å². The highest BCUT2D eigenvalue weighted by Crippen LogP contribution is 2.33. The molecule has 0 bridgehead atoms. The van der Waals surface area contributed by atoms with Crippen molar-refractivity contribution in [3.05, 3.63) is 42.5 Å². The Morgan fingerprint density at radius 2 is 1.44 bits per heavy atom. The standard InChI is InChI=1S/C14H15NO3/c1-16-11-4-6-12(7-5-11)18-14-9-10(15)3-8-13(14)17-2/h3-9H,15H2,1-2H3. The largest absolute Gasteiger partial charge is 0.497 e. The molecule has 18 heavy (non-hydrogen) atoms. The molecule has 2 aromatic rings. The number of nitrogen functional groups attached to an aromatic ring is 1. The van der Waals surface area contributed by atoms with Gasteiger partial charge in [0.25, 0.3) is 0 Å². The molecule has 0 aromatic heterocycles. The first-order valence-electron chi connectivity index (χ1n) is 5.48. The van der Waals surface area contributed by atoms with Gasteiger partial charge in [-0.1, -0.05) is 0 Å². The van der Waals surface area contributed by atoms with Crippen molar-refractivity contribution in [2.45, 2.75) is 0 Å². The summed E-state index contributed by atoms with van der Waals surface area (Å²) in [6, 6.07) is 12.6. The summed E-state index contributed by atoms with van der Waals surface area (Å²) in [6.07, 6.45) is 0. The van der Waals surface area contributed by atoms with Crippen molar-refractivity contribution in [2.24, 2.45) is 0 Å². The van der Waals surface area contributed by atoms with Crippen LogP contribution in [0.25, 0.3) is 0 Å². The molecule has 0 amide bonds. The average Bonchev–Trinajstić information content (AvgIpc) is 2.40. The number of rotatable bonds is 4. The summed E-state index contributed by atoms with van der Waals surface area (Å²) in [6.45, 7) is 0. The summed E-state index contributed by atoms with van der Waals surface area (Å²) in [7, 11) is 3.21. The first kappa shape index (κ1) is 12.1. The normalized spacial score (nSPS) is 9.89. The molecule has 4 nitrogen and oxygen atoms in total. The van der Waals surface area contributed by atoms with Crippen molar-refractivity contribution in [3.63, 3.8) is 0 Å². The zero-order chi connectivity index (χ0) is 13.0. The van der Waals surface area contributed by atoms with Gasteiger partial charge in [0.1, 0.15) is 11.5 Å². The molecule has 0 radical (unpaired) electrons. The van der Waals surface area contributed by atoms with Gasteiger partial charge in [0.2, 0.25) is 0 Å². The number of hydrogen-bond donors (Lipinski definition) is 1. The maximum Gasteiger partial charge on any atom is 0.171 e. The summed E-state index contributed by atoms with van der Waals surface area (Å²) < 4.78 is 16.0. The fraction of sp³-hybridized carbons (Fsp3) is 0.143. The molecule has 4 heteroatoms. The van der Waals surface area contributed by atoms with Gasteiger partial charge < -0.3 is 19.9 Å². The molecule has 0 saturated carbocycles. The molecule has 0 atom stereocenters. The van der Waals surface area contributed by atoms with Gasteiger partial charge in [-0.3, -0.25) is 0 Å². The zero-order valence-electron chi connectivity index (χ0n) is 10.3. The monoisotopic (exact) mass is 245 g/mol. The third-order valence-electron chi connectivity index (χ3n) is 2.47. The molecular formula is C14H15NO3. The molecule has 94 valence electrons. The highest BCUT2D eigenvalue weighted by Gasteiger charge is 2.06. The molecule has 0 unspecified atom stereocenters. The molecule has 2 rings (SSSR count). The van der Waals surface area contributed by atoms with E-state index in [4.69, 9.17) is 19.9 Å². The van der Waals surface area contributed by atoms with Crippen LogP contribution in [-0.4, -0.2) is 14.2 Å². The summed E-state index contributed by atoms with van der Waals surface area (Å²) in [5.74, 6) is 2.70. The predicted octanol–water partition coefficient (Wildman–Crippen LogP) is 3.08. The van der Waals surface area contributed by atoms with Crippen molar-refractivity contribution in [1.29, 1.82) is 0 Å². The number of nitrogens with two attached hydrogens (primary N) is 1. The van der Waals surface area contributed by atoms with Crippen molar-refractivity contribution in [3.8, 4) is 23.0 Å². The molecule has 0 heterocycles. The molecule has 0 aliphatic heterocycles. The Morgan fingerprint density at radius 3 is 2.06 bits per heavy atom.